The van der Waals surface area contributed by atoms with Crippen LogP contribution < -0.4 is 0 Å². The molecule has 1 heterocycles. The van der Waals surface area contributed by atoms with Gasteiger partial charge < -0.3 is 0 Å². The first kappa shape index (κ1) is 31.0. The molecule has 0 bridgehead atoms. The molecule has 1 aromatic heterocycles. The van der Waals surface area contributed by atoms with Gasteiger partial charge in [-0.25, -0.2) is 0 Å². The van der Waals surface area contributed by atoms with Crippen LogP contribution in [-0.4, -0.2) is 59.0 Å². The molecule has 0 amide bonds. The predicted octanol–water partition coefficient (Wildman–Crippen LogP) is 5.68. The lowest BCUT2D eigenvalue weighted by Gasteiger charge is -2.40. The zero-order chi connectivity index (χ0) is 26.9. The number of rotatable bonds is 7. The van der Waals surface area contributed by atoms with Crippen molar-refractivity contribution in [3.8, 4) is 0 Å². The summed E-state index contributed by atoms with van der Waals surface area (Å²) in [5, 5.41) is -7.64. The fraction of sp³-hybridized carbons (Fsp3) is 0.615. The summed E-state index contributed by atoms with van der Waals surface area (Å²) >= 11 is 0. The summed E-state index contributed by atoms with van der Waals surface area (Å²) in [6, 6.07) is 5.72. The first-order valence-corrected chi connectivity index (χ1v) is 8.80. The first-order chi connectivity index (χ1) is 14.2. The van der Waals surface area contributed by atoms with Crippen molar-refractivity contribution in [2.75, 3.05) is 0 Å². The third-order valence-corrected chi connectivity index (χ3v) is 4.23. The van der Waals surface area contributed by atoms with Crippen LogP contribution in [0.5, 0.6) is 0 Å². The van der Waals surface area contributed by atoms with Gasteiger partial charge in [0.2, 0.25) is 0 Å². The van der Waals surface area contributed by atoms with E-state index in [4.69, 9.17) is 4.55 Å². The van der Waals surface area contributed by atoms with Crippen molar-refractivity contribution in [1.29, 1.82) is 0 Å². The molecule has 1 aromatic rings. The van der Waals surface area contributed by atoms with Crippen molar-refractivity contribution >= 4 is 10.1 Å². The smallest absolute Gasteiger partial charge is 0.281 e. The molecule has 1 rings (SSSR count). The van der Waals surface area contributed by atoms with Crippen molar-refractivity contribution in [2.24, 2.45) is 0 Å². The minimum atomic E-state index is -8.40. The highest BCUT2D eigenvalue weighted by molar-refractivity contribution is 7.87. The van der Waals surface area contributed by atoms with Crippen LogP contribution in [0.15, 0.2) is 30.6 Å². The Morgan fingerprint density at radius 3 is 1.21 bits per heavy atom. The molecule has 33 heavy (non-hydrogen) atoms. The van der Waals surface area contributed by atoms with Gasteiger partial charge in [0.15, 0.2) is 0 Å². The van der Waals surface area contributed by atoms with Crippen LogP contribution >= 0.6 is 0 Å². The second-order valence-electron chi connectivity index (χ2n) is 5.81. The van der Waals surface area contributed by atoms with E-state index in [1.807, 2.05) is 18.2 Å². The number of halogens is 15. The Morgan fingerprint density at radius 1 is 0.606 bits per heavy atom. The summed E-state index contributed by atoms with van der Waals surface area (Å²) in [5.41, 5.74) is 0. The standard InChI is InChI=1S/C8H3F15O3S.C5H5N/c9-2(10,1-3(11,12)13)4(14,15)5(16,17)6(18,19)7(20,21)8(22,23)27(24,25)26;1-2-4-6-5-3-1/h1H2,(H,24,25,26);1-5H. The average molecular weight is 543 g/mol. The molecule has 0 fully saturated rings. The van der Waals surface area contributed by atoms with E-state index in [1.54, 1.807) is 12.4 Å². The number of hydrogen-bond acceptors (Lipinski definition) is 3. The molecular weight excluding hydrogens is 535 g/mol. The average Bonchev–Trinajstić information content (AvgIpc) is 2.60. The molecule has 0 unspecified atom stereocenters. The molecule has 0 atom stereocenters. The number of aromatic nitrogens is 1. The molecule has 1 N–H and O–H groups in total. The van der Waals surface area contributed by atoms with Gasteiger partial charge in [0.05, 0.1) is 0 Å². The molecule has 0 aliphatic rings. The molecule has 4 nitrogen and oxygen atoms in total. The molecule has 0 aromatic carbocycles. The van der Waals surface area contributed by atoms with Crippen LogP contribution in [0.3, 0.4) is 0 Å². The molecule has 0 radical (unpaired) electrons. The van der Waals surface area contributed by atoms with E-state index in [9.17, 15) is 74.3 Å². The molecule has 0 aliphatic carbocycles. The number of hydrogen-bond donors (Lipinski definition) is 1. The highest BCUT2D eigenvalue weighted by atomic mass is 32.2. The SMILES string of the molecule is O=S(=O)(O)C(F)(F)C(F)(F)C(F)(F)C(F)(F)C(F)(F)C(F)(F)CC(F)(F)F.c1ccncc1. The third-order valence-electron chi connectivity index (χ3n) is 3.32. The van der Waals surface area contributed by atoms with Gasteiger partial charge in [-0.2, -0.15) is 74.3 Å². The van der Waals surface area contributed by atoms with Crippen LogP contribution in [0.25, 0.3) is 0 Å². The molecule has 20 heteroatoms. The van der Waals surface area contributed by atoms with Crippen LogP contribution in [-0.2, 0) is 10.1 Å². The summed E-state index contributed by atoms with van der Waals surface area (Å²) in [7, 11) is -7.72. The quantitative estimate of drug-likeness (QED) is 0.355. The Hall–Kier alpha value is -1.99. The van der Waals surface area contributed by atoms with Gasteiger partial charge in [0, 0.05) is 12.4 Å². The van der Waals surface area contributed by atoms with Crippen LogP contribution in [0.4, 0.5) is 65.9 Å². The van der Waals surface area contributed by atoms with Crippen molar-refractivity contribution in [1.82, 2.24) is 4.98 Å². The maximum absolute atomic E-state index is 13.0. The lowest BCUT2D eigenvalue weighted by Crippen LogP contribution is -2.71. The van der Waals surface area contributed by atoms with Crippen molar-refractivity contribution in [2.45, 2.75) is 47.5 Å². The van der Waals surface area contributed by atoms with E-state index >= 15 is 0 Å². The van der Waals surface area contributed by atoms with Gasteiger partial charge in [0.1, 0.15) is 6.42 Å². The number of nitrogens with zero attached hydrogens (tertiary/aromatic N) is 1. The monoisotopic (exact) mass is 543 g/mol. The Balaban J connectivity index is 0.00000146. The largest absolute Gasteiger partial charge is 0.438 e. The minimum Gasteiger partial charge on any atom is -0.281 e. The fourth-order valence-corrected chi connectivity index (χ4v) is 2.10. The van der Waals surface area contributed by atoms with Gasteiger partial charge in [-0.05, 0) is 12.1 Å². The topological polar surface area (TPSA) is 67.3 Å². The second-order valence-corrected chi connectivity index (χ2v) is 7.27. The van der Waals surface area contributed by atoms with Crippen molar-refractivity contribution in [3.05, 3.63) is 30.6 Å². The van der Waals surface area contributed by atoms with E-state index in [2.05, 4.69) is 4.98 Å². The highest BCUT2D eigenvalue weighted by Gasteiger charge is 2.92. The van der Waals surface area contributed by atoms with Gasteiger partial charge in [-0.15, -0.1) is 0 Å². The van der Waals surface area contributed by atoms with E-state index in [1.165, 1.54) is 0 Å². The van der Waals surface area contributed by atoms with E-state index in [0.29, 0.717) is 0 Å². The van der Waals surface area contributed by atoms with E-state index in [0.717, 1.165) is 0 Å². The van der Waals surface area contributed by atoms with Crippen molar-refractivity contribution < 1.29 is 78.8 Å². The number of alkyl halides is 15. The Kier molecular flexibility index (Phi) is 8.45. The second kappa shape index (κ2) is 8.99. The van der Waals surface area contributed by atoms with Gasteiger partial charge in [-0.3, -0.25) is 9.54 Å². The molecule has 0 spiro atoms. The predicted molar refractivity (Wildman–Crippen MR) is 76.1 cm³/mol. The molecular formula is C13H8F15NO3S. The Labute approximate surface area is 173 Å². The summed E-state index contributed by atoms with van der Waals surface area (Å²) < 4.78 is 217. The van der Waals surface area contributed by atoms with Gasteiger partial charge in [-0.1, -0.05) is 6.07 Å². The number of pyridine rings is 1. The summed E-state index contributed by atoms with van der Waals surface area (Å²) in [4.78, 5) is 3.78. The summed E-state index contributed by atoms with van der Waals surface area (Å²) in [6.45, 7) is 0. The minimum absolute atomic E-state index is 1.75. The lowest BCUT2D eigenvalue weighted by atomic mass is 9.93. The third kappa shape index (κ3) is 5.75. The van der Waals surface area contributed by atoms with E-state index in [-0.39, 0.29) is 0 Å². The maximum Gasteiger partial charge on any atom is 0.438 e. The van der Waals surface area contributed by atoms with Crippen LogP contribution in [0, 0.1) is 0 Å². The molecule has 0 aliphatic heterocycles. The van der Waals surface area contributed by atoms with Crippen molar-refractivity contribution in [3.63, 3.8) is 0 Å². The summed E-state index contributed by atoms with van der Waals surface area (Å²) in [6.07, 6.45) is -7.21. The lowest BCUT2D eigenvalue weighted by molar-refractivity contribution is -0.421. The van der Waals surface area contributed by atoms with Gasteiger partial charge >= 0.3 is 51.2 Å². The van der Waals surface area contributed by atoms with Crippen LogP contribution in [0.1, 0.15) is 6.42 Å². The zero-order valence-electron chi connectivity index (χ0n) is 14.9. The zero-order valence-corrected chi connectivity index (χ0v) is 15.7. The Morgan fingerprint density at radius 2 is 0.970 bits per heavy atom. The summed E-state index contributed by atoms with van der Waals surface area (Å²) in [5.74, 6) is -40.2. The first-order valence-electron chi connectivity index (χ1n) is 7.36. The molecule has 0 saturated heterocycles. The Bertz CT molecular complexity index is 857. The maximum atomic E-state index is 13.0. The highest BCUT2D eigenvalue weighted by Crippen LogP contribution is 2.61. The molecule has 0 saturated carbocycles. The normalized spacial score (nSPS) is 15.0. The fourth-order valence-electron chi connectivity index (χ4n) is 1.64. The molecule has 194 valence electrons. The van der Waals surface area contributed by atoms with Crippen LogP contribution in [0.2, 0.25) is 0 Å². The van der Waals surface area contributed by atoms with Gasteiger partial charge in [0.25, 0.3) is 0 Å². The van der Waals surface area contributed by atoms with E-state index < -0.39 is 57.6 Å².